The number of benzene rings is 1. The summed E-state index contributed by atoms with van der Waals surface area (Å²) in [6.07, 6.45) is 0.782. The van der Waals surface area contributed by atoms with Crippen molar-refractivity contribution in [2.75, 3.05) is 7.11 Å². The number of methoxy groups -OCH3 is 1. The maximum absolute atomic E-state index is 11.6. The number of carbonyl (C=O) groups excluding carboxylic acids is 1. The Labute approximate surface area is 108 Å². The van der Waals surface area contributed by atoms with Gasteiger partial charge in [0, 0.05) is 4.90 Å². The molecule has 0 aliphatic heterocycles. The Kier molecular flexibility index (Phi) is 5.06. The summed E-state index contributed by atoms with van der Waals surface area (Å²) in [6, 6.07) is 4.30. The molecule has 0 spiro atoms. The molecule has 2 nitrogen and oxygen atoms in total. The molecule has 0 radical (unpaired) electrons. The van der Waals surface area contributed by atoms with Gasteiger partial charge in [0.1, 0.15) is 5.25 Å². The van der Waals surface area contributed by atoms with Crippen LogP contribution in [0.1, 0.15) is 30.0 Å². The van der Waals surface area contributed by atoms with Gasteiger partial charge in [-0.3, -0.25) is 4.79 Å². The second-order valence-electron chi connectivity index (χ2n) is 4.27. The fourth-order valence-corrected chi connectivity index (χ4v) is 3.06. The van der Waals surface area contributed by atoms with E-state index < -0.39 is 0 Å². The summed E-state index contributed by atoms with van der Waals surface area (Å²) in [7, 11) is 1.44. The fourth-order valence-electron chi connectivity index (χ4n) is 1.92. The normalized spacial score (nSPS) is 12.3. The Morgan fingerprint density at radius 1 is 1.29 bits per heavy atom. The van der Waals surface area contributed by atoms with Crippen molar-refractivity contribution in [3.05, 3.63) is 28.8 Å². The number of esters is 1. The van der Waals surface area contributed by atoms with Gasteiger partial charge in [-0.15, -0.1) is 11.8 Å². The molecule has 0 N–H and O–H groups in total. The number of ether oxygens (including phenoxy) is 1. The van der Waals surface area contributed by atoms with Crippen LogP contribution in [-0.2, 0) is 9.53 Å². The molecule has 3 heteroatoms. The lowest BCUT2D eigenvalue weighted by Crippen LogP contribution is -2.18. The third-order valence-electron chi connectivity index (χ3n) is 2.70. The van der Waals surface area contributed by atoms with E-state index in [9.17, 15) is 4.79 Å². The van der Waals surface area contributed by atoms with E-state index in [0.29, 0.717) is 0 Å². The zero-order valence-corrected chi connectivity index (χ0v) is 12.0. The summed E-state index contributed by atoms with van der Waals surface area (Å²) < 4.78 is 4.82. The first-order chi connectivity index (χ1) is 7.99. The Bertz CT molecular complexity index is 390. The third-order valence-corrected chi connectivity index (χ3v) is 4.39. The van der Waals surface area contributed by atoms with Crippen LogP contribution in [0.15, 0.2) is 17.0 Å². The highest BCUT2D eigenvalue weighted by Crippen LogP contribution is 2.32. The molecule has 17 heavy (non-hydrogen) atoms. The van der Waals surface area contributed by atoms with Crippen molar-refractivity contribution < 1.29 is 9.53 Å². The Morgan fingerprint density at radius 3 is 2.24 bits per heavy atom. The number of rotatable bonds is 4. The van der Waals surface area contributed by atoms with Gasteiger partial charge >= 0.3 is 5.97 Å². The highest BCUT2D eigenvalue weighted by Gasteiger charge is 2.20. The lowest BCUT2D eigenvalue weighted by molar-refractivity contribution is -0.140. The van der Waals surface area contributed by atoms with Gasteiger partial charge in [-0.05, 0) is 38.3 Å². The average Bonchev–Trinajstić information content (AvgIpc) is 2.27. The number of carbonyl (C=O) groups is 1. The van der Waals surface area contributed by atoms with Crippen molar-refractivity contribution >= 4 is 17.7 Å². The van der Waals surface area contributed by atoms with Gasteiger partial charge in [-0.25, -0.2) is 0 Å². The van der Waals surface area contributed by atoms with E-state index in [4.69, 9.17) is 4.74 Å². The van der Waals surface area contributed by atoms with Gasteiger partial charge in [-0.2, -0.15) is 0 Å². The van der Waals surface area contributed by atoms with E-state index in [1.165, 1.54) is 28.7 Å². The maximum atomic E-state index is 11.6. The van der Waals surface area contributed by atoms with Crippen molar-refractivity contribution in [2.45, 2.75) is 44.3 Å². The first-order valence-corrected chi connectivity index (χ1v) is 6.69. The second kappa shape index (κ2) is 6.10. The van der Waals surface area contributed by atoms with Crippen molar-refractivity contribution in [3.63, 3.8) is 0 Å². The molecule has 1 atom stereocenters. The van der Waals surface area contributed by atoms with Crippen LogP contribution >= 0.6 is 11.8 Å². The first-order valence-electron chi connectivity index (χ1n) is 5.82. The minimum absolute atomic E-state index is 0.111. The topological polar surface area (TPSA) is 26.3 Å². The number of thioether (sulfide) groups is 1. The Hall–Kier alpha value is -0.960. The molecule has 1 unspecified atom stereocenters. The monoisotopic (exact) mass is 252 g/mol. The van der Waals surface area contributed by atoms with Crippen LogP contribution in [0.4, 0.5) is 0 Å². The predicted molar refractivity (Wildman–Crippen MR) is 72.6 cm³/mol. The zero-order chi connectivity index (χ0) is 13.0. The smallest absolute Gasteiger partial charge is 0.319 e. The molecule has 94 valence electrons. The molecular formula is C14H20O2S. The van der Waals surface area contributed by atoms with Crippen LogP contribution < -0.4 is 0 Å². The molecule has 0 fully saturated rings. The third kappa shape index (κ3) is 3.50. The van der Waals surface area contributed by atoms with E-state index in [2.05, 4.69) is 32.9 Å². The first kappa shape index (κ1) is 14.1. The van der Waals surface area contributed by atoms with Crippen molar-refractivity contribution in [1.29, 1.82) is 0 Å². The maximum Gasteiger partial charge on any atom is 0.319 e. The molecule has 0 aromatic heterocycles. The minimum Gasteiger partial charge on any atom is -0.468 e. The largest absolute Gasteiger partial charge is 0.468 e. The Morgan fingerprint density at radius 2 is 1.82 bits per heavy atom. The van der Waals surface area contributed by atoms with E-state index in [0.717, 1.165) is 6.42 Å². The Balaban J connectivity index is 2.98. The summed E-state index contributed by atoms with van der Waals surface area (Å²) >= 11 is 1.61. The molecule has 0 aliphatic carbocycles. The van der Waals surface area contributed by atoms with Crippen LogP contribution in [-0.4, -0.2) is 18.3 Å². The summed E-state index contributed by atoms with van der Waals surface area (Å²) in [5, 5.41) is -0.111. The van der Waals surface area contributed by atoms with Gasteiger partial charge < -0.3 is 4.74 Å². The molecule has 1 aromatic rings. The van der Waals surface area contributed by atoms with Crippen LogP contribution in [0.3, 0.4) is 0 Å². The van der Waals surface area contributed by atoms with Gasteiger partial charge in [0.2, 0.25) is 0 Å². The van der Waals surface area contributed by atoms with Gasteiger partial charge in [0.05, 0.1) is 7.11 Å². The molecule has 0 aliphatic rings. The average molecular weight is 252 g/mol. The molecule has 0 amide bonds. The van der Waals surface area contributed by atoms with Gasteiger partial charge in [0.15, 0.2) is 0 Å². The standard InChI is InChI=1S/C14H20O2S/c1-6-12(14(15)16-5)17-13-10(3)7-9(2)8-11(13)4/h7-8,12H,6H2,1-5H3. The molecule has 0 heterocycles. The summed E-state index contributed by atoms with van der Waals surface area (Å²) in [5.41, 5.74) is 3.72. The summed E-state index contributed by atoms with van der Waals surface area (Å²) in [5.74, 6) is -0.142. The van der Waals surface area contributed by atoms with Gasteiger partial charge in [-0.1, -0.05) is 24.6 Å². The minimum atomic E-state index is -0.142. The van der Waals surface area contributed by atoms with Crippen LogP contribution in [0, 0.1) is 20.8 Å². The summed E-state index contributed by atoms with van der Waals surface area (Å²) in [4.78, 5) is 12.8. The van der Waals surface area contributed by atoms with Crippen molar-refractivity contribution in [1.82, 2.24) is 0 Å². The molecule has 0 saturated carbocycles. The highest BCUT2D eigenvalue weighted by atomic mass is 32.2. The van der Waals surface area contributed by atoms with Crippen LogP contribution in [0.2, 0.25) is 0 Å². The number of hydrogen-bond donors (Lipinski definition) is 0. The van der Waals surface area contributed by atoms with E-state index >= 15 is 0 Å². The summed E-state index contributed by atoms with van der Waals surface area (Å²) in [6.45, 7) is 8.28. The predicted octanol–water partition coefficient (Wildman–Crippen LogP) is 3.66. The molecular weight excluding hydrogens is 232 g/mol. The van der Waals surface area contributed by atoms with Crippen LogP contribution in [0.25, 0.3) is 0 Å². The molecule has 1 rings (SSSR count). The van der Waals surface area contributed by atoms with E-state index in [1.54, 1.807) is 11.8 Å². The fraction of sp³-hybridized carbons (Fsp3) is 0.500. The quantitative estimate of drug-likeness (QED) is 0.604. The lowest BCUT2D eigenvalue weighted by atomic mass is 10.1. The molecule has 0 saturated heterocycles. The van der Waals surface area contributed by atoms with Crippen molar-refractivity contribution in [3.8, 4) is 0 Å². The highest BCUT2D eigenvalue weighted by molar-refractivity contribution is 8.00. The molecule has 1 aromatic carbocycles. The van der Waals surface area contributed by atoms with Gasteiger partial charge in [0.25, 0.3) is 0 Å². The second-order valence-corrected chi connectivity index (χ2v) is 5.48. The molecule has 0 bridgehead atoms. The van der Waals surface area contributed by atoms with Crippen molar-refractivity contribution in [2.24, 2.45) is 0 Å². The SMILES string of the molecule is CCC(Sc1c(C)cc(C)cc1C)C(=O)OC. The zero-order valence-electron chi connectivity index (χ0n) is 11.2. The van der Waals surface area contributed by atoms with E-state index in [1.807, 2.05) is 6.92 Å². The van der Waals surface area contributed by atoms with E-state index in [-0.39, 0.29) is 11.2 Å². The van der Waals surface area contributed by atoms with Crippen LogP contribution in [0.5, 0.6) is 0 Å². The lowest BCUT2D eigenvalue weighted by Gasteiger charge is -2.16. The number of aryl methyl sites for hydroxylation is 3. The number of hydrogen-bond acceptors (Lipinski definition) is 3.